The fraction of sp³-hybridized carbons (Fsp3) is 0.333. The molecular formula is C33H38Cl2Zr. The molecule has 4 aliphatic rings. The van der Waals surface area contributed by atoms with Crippen LogP contribution in [0.25, 0.3) is 0 Å². The fourth-order valence-electron chi connectivity index (χ4n) is 7.36. The number of halogens is 2. The first-order valence-corrected chi connectivity index (χ1v) is 18.9. The average Bonchev–Trinajstić information content (AvgIpc) is 3.42. The second kappa shape index (κ2) is 13.6. The minimum absolute atomic E-state index is 0. The molecule has 0 radical (unpaired) electrons. The number of rotatable bonds is 3. The molecule has 0 bridgehead atoms. The number of hydrogen-bond acceptors (Lipinski definition) is 0. The standard InChI is InChI=1S/C31H32.2CH3.2ClH.Zr/c1-21-19-23-13-5-7-15-25(23)30(21)28-18-10-9-17-27(28)29-20-24-14-6-8-16-26(24)31(29)22-11-3-2-4-12-22;;;;;/h2-18,21,23-26,29-31H,19-20H2,1H3;2*1H3;2*1H;/q;2*-1;;;+4/p-2. The topological polar surface area (TPSA) is 0 Å². The Bertz CT molecular complexity index is 1090. The zero-order valence-corrected chi connectivity index (χ0v) is 25.6. The Morgan fingerprint density at radius 3 is 1.78 bits per heavy atom. The van der Waals surface area contributed by atoms with Crippen LogP contribution in [0, 0.1) is 44.4 Å². The zero-order valence-electron chi connectivity index (χ0n) is 21.6. The van der Waals surface area contributed by atoms with Crippen LogP contribution >= 0.6 is 17.0 Å². The van der Waals surface area contributed by atoms with Crippen molar-refractivity contribution in [2.75, 3.05) is 0 Å². The number of fused-ring (bicyclic) bond motifs is 2. The molecule has 8 atom stereocenters. The normalized spacial score (nSPS) is 32.8. The quantitative estimate of drug-likeness (QED) is 0.309. The van der Waals surface area contributed by atoms with Crippen LogP contribution in [-0.2, 0) is 20.8 Å². The Kier molecular flexibility index (Phi) is 11.1. The summed E-state index contributed by atoms with van der Waals surface area (Å²) in [5, 5.41) is 0. The Labute approximate surface area is 238 Å². The van der Waals surface area contributed by atoms with Crippen LogP contribution in [0.3, 0.4) is 0 Å². The summed E-state index contributed by atoms with van der Waals surface area (Å²) in [5.41, 5.74) is 4.75. The molecule has 2 fully saturated rings. The summed E-state index contributed by atoms with van der Waals surface area (Å²) in [5.74, 6) is 5.11. The molecule has 0 amide bonds. The summed E-state index contributed by atoms with van der Waals surface area (Å²) in [6.07, 6.45) is 21.5. The summed E-state index contributed by atoms with van der Waals surface area (Å²) in [6, 6.07) is 20.8. The summed E-state index contributed by atoms with van der Waals surface area (Å²) in [4.78, 5) is 0. The van der Waals surface area contributed by atoms with E-state index in [2.05, 4.69) is 110 Å². The number of benzene rings is 2. The fourth-order valence-corrected chi connectivity index (χ4v) is 7.36. The van der Waals surface area contributed by atoms with Crippen LogP contribution in [-0.4, -0.2) is 0 Å². The molecule has 0 heterocycles. The van der Waals surface area contributed by atoms with E-state index in [0.29, 0.717) is 41.4 Å². The van der Waals surface area contributed by atoms with Crippen molar-refractivity contribution < 1.29 is 20.8 Å². The Balaban J connectivity index is 0.000000690. The minimum atomic E-state index is -0.826. The van der Waals surface area contributed by atoms with Crippen LogP contribution in [0.15, 0.2) is 103 Å². The second-order valence-electron chi connectivity index (χ2n) is 10.2. The van der Waals surface area contributed by atoms with E-state index in [4.69, 9.17) is 17.0 Å². The van der Waals surface area contributed by atoms with Crippen molar-refractivity contribution in [2.45, 2.75) is 37.5 Å². The van der Waals surface area contributed by atoms with Gasteiger partial charge in [0.05, 0.1) is 0 Å². The zero-order chi connectivity index (χ0) is 23.5. The summed E-state index contributed by atoms with van der Waals surface area (Å²) < 4.78 is 0. The van der Waals surface area contributed by atoms with Gasteiger partial charge in [0.1, 0.15) is 0 Å². The maximum atomic E-state index is 4.93. The molecule has 0 N–H and O–H groups in total. The maximum absolute atomic E-state index is 4.93. The summed E-state index contributed by atoms with van der Waals surface area (Å²) in [7, 11) is 9.87. The molecule has 188 valence electrons. The molecule has 2 aromatic rings. The van der Waals surface area contributed by atoms with Crippen LogP contribution in [0.2, 0.25) is 0 Å². The Morgan fingerprint density at radius 2 is 1.14 bits per heavy atom. The Morgan fingerprint density at radius 1 is 0.639 bits per heavy atom. The first kappa shape index (κ1) is 29.4. The first-order valence-electron chi connectivity index (χ1n) is 12.5. The van der Waals surface area contributed by atoms with Gasteiger partial charge in [0.15, 0.2) is 0 Å². The van der Waals surface area contributed by atoms with E-state index >= 15 is 0 Å². The molecule has 0 spiro atoms. The van der Waals surface area contributed by atoms with Gasteiger partial charge in [-0.1, -0.05) is 110 Å². The molecule has 0 nitrogen and oxygen atoms in total. The molecule has 3 heteroatoms. The summed E-state index contributed by atoms with van der Waals surface area (Å²) >= 11 is -0.826. The van der Waals surface area contributed by atoms with Gasteiger partial charge in [0, 0.05) is 0 Å². The second-order valence-corrected chi connectivity index (χ2v) is 14.0. The summed E-state index contributed by atoms with van der Waals surface area (Å²) in [6.45, 7) is 2.48. The number of allylic oxidation sites excluding steroid dienone is 8. The predicted molar refractivity (Wildman–Crippen MR) is 155 cm³/mol. The van der Waals surface area contributed by atoms with Crippen molar-refractivity contribution in [3.63, 3.8) is 0 Å². The molecule has 0 saturated heterocycles. The van der Waals surface area contributed by atoms with Gasteiger partial charge < -0.3 is 14.9 Å². The van der Waals surface area contributed by atoms with E-state index in [-0.39, 0.29) is 14.9 Å². The molecule has 8 unspecified atom stereocenters. The molecule has 2 saturated carbocycles. The third-order valence-corrected chi connectivity index (χ3v) is 8.58. The van der Waals surface area contributed by atoms with Gasteiger partial charge in [-0.05, 0) is 76.9 Å². The predicted octanol–water partition coefficient (Wildman–Crippen LogP) is 10.1. The van der Waals surface area contributed by atoms with Crippen LogP contribution in [0.1, 0.15) is 54.2 Å². The van der Waals surface area contributed by atoms with Gasteiger partial charge in [-0.2, -0.15) is 0 Å². The number of hydrogen-bond donors (Lipinski definition) is 0. The van der Waals surface area contributed by atoms with Gasteiger partial charge in [0.2, 0.25) is 0 Å². The SMILES string of the molecule is CC1CC2C=CC=CC2C1c1ccccc1C1CC2C=CC=CC2C1c1ccccc1.[CH3-].[CH3-].[Cl][Zr+2][Cl]. The molecule has 0 aromatic heterocycles. The van der Waals surface area contributed by atoms with Crippen molar-refractivity contribution in [3.05, 3.63) is 135 Å². The molecule has 2 aromatic carbocycles. The van der Waals surface area contributed by atoms with E-state index in [1.807, 2.05) is 0 Å². The van der Waals surface area contributed by atoms with E-state index in [1.54, 1.807) is 11.1 Å². The molecule has 36 heavy (non-hydrogen) atoms. The van der Waals surface area contributed by atoms with Crippen LogP contribution in [0.4, 0.5) is 0 Å². The molecule has 4 aliphatic carbocycles. The van der Waals surface area contributed by atoms with E-state index in [0.717, 1.165) is 5.92 Å². The van der Waals surface area contributed by atoms with E-state index < -0.39 is 20.8 Å². The van der Waals surface area contributed by atoms with Crippen molar-refractivity contribution >= 4 is 17.0 Å². The van der Waals surface area contributed by atoms with Gasteiger partial charge in [-0.15, -0.1) is 0 Å². The molecule has 6 rings (SSSR count). The van der Waals surface area contributed by atoms with Crippen molar-refractivity contribution in [1.82, 2.24) is 0 Å². The monoisotopic (exact) mass is 594 g/mol. The third kappa shape index (κ3) is 5.80. The van der Waals surface area contributed by atoms with Crippen LogP contribution < -0.4 is 0 Å². The molecule has 0 aliphatic heterocycles. The first-order chi connectivity index (χ1) is 16.7. The third-order valence-electron chi connectivity index (χ3n) is 8.58. The molecular weight excluding hydrogens is 558 g/mol. The van der Waals surface area contributed by atoms with Crippen molar-refractivity contribution in [2.24, 2.45) is 29.6 Å². The van der Waals surface area contributed by atoms with Crippen molar-refractivity contribution in [1.29, 1.82) is 0 Å². The van der Waals surface area contributed by atoms with Gasteiger partial charge >= 0.3 is 37.9 Å². The van der Waals surface area contributed by atoms with Gasteiger partial charge in [0.25, 0.3) is 0 Å². The van der Waals surface area contributed by atoms with Crippen LogP contribution in [0.5, 0.6) is 0 Å². The average molecular weight is 597 g/mol. The Hall–Kier alpha value is -1.14. The van der Waals surface area contributed by atoms with E-state index in [9.17, 15) is 0 Å². The van der Waals surface area contributed by atoms with Crippen molar-refractivity contribution in [3.8, 4) is 0 Å². The van der Waals surface area contributed by atoms with Gasteiger partial charge in [-0.3, -0.25) is 0 Å². The van der Waals surface area contributed by atoms with Gasteiger partial charge in [-0.25, -0.2) is 0 Å². The van der Waals surface area contributed by atoms with E-state index in [1.165, 1.54) is 18.4 Å².